The predicted octanol–water partition coefficient (Wildman–Crippen LogP) is 3.22. The number of rotatable bonds is 3. The largest absolute Gasteiger partial charge is 0.444 e. The minimum absolute atomic E-state index is 0.0941. The molecular formula is C19H26N2O3. The van der Waals surface area contributed by atoms with E-state index in [4.69, 9.17) is 4.74 Å². The molecule has 1 N–H and O–H groups in total. The molecule has 24 heavy (non-hydrogen) atoms. The van der Waals surface area contributed by atoms with Crippen molar-refractivity contribution in [3.8, 4) is 0 Å². The highest BCUT2D eigenvalue weighted by Crippen LogP contribution is 2.15. The van der Waals surface area contributed by atoms with Crippen LogP contribution in [-0.2, 0) is 9.53 Å². The van der Waals surface area contributed by atoms with Gasteiger partial charge in [-0.1, -0.05) is 30.3 Å². The second kappa shape index (κ2) is 7.99. The third-order valence-electron chi connectivity index (χ3n) is 3.72. The quantitative estimate of drug-likeness (QED) is 0.866. The molecule has 0 radical (unpaired) electrons. The van der Waals surface area contributed by atoms with E-state index in [0.717, 1.165) is 18.4 Å². The van der Waals surface area contributed by atoms with Gasteiger partial charge in [0.25, 0.3) is 0 Å². The maximum atomic E-state index is 12.0. The fraction of sp³-hybridized carbons (Fsp3) is 0.474. The third-order valence-corrected chi connectivity index (χ3v) is 3.72. The molecule has 1 aliphatic rings. The van der Waals surface area contributed by atoms with E-state index in [1.54, 1.807) is 17.1 Å². The van der Waals surface area contributed by atoms with Crippen molar-refractivity contribution in [2.24, 2.45) is 0 Å². The van der Waals surface area contributed by atoms with Gasteiger partial charge in [0.15, 0.2) is 0 Å². The summed E-state index contributed by atoms with van der Waals surface area (Å²) in [7, 11) is 0. The molecule has 1 heterocycles. The fourth-order valence-corrected chi connectivity index (χ4v) is 2.52. The number of piperidine rings is 1. The summed E-state index contributed by atoms with van der Waals surface area (Å²) in [4.78, 5) is 25.7. The van der Waals surface area contributed by atoms with Crippen LogP contribution in [0.5, 0.6) is 0 Å². The SMILES string of the molecule is CC(C)(C)OC(=O)N1CCC(NC(=O)/C=C/c2ccccc2)CC1. The Balaban J connectivity index is 1.75. The van der Waals surface area contributed by atoms with E-state index in [0.29, 0.717) is 13.1 Å². The Morgan fingerprint density at radius 1 is 1.17 bits per heavy atom. The van der Waals surface area contributed by atoms with Crippen molar-refractivity contribution >= 4 is 18.1 Å². The monoisotopic (exact) mass is 330 g/mol. The summed E-state index contributed by atoms with van der Waals surface area (Å²) in [5.41, 5.74) is 0.511. The van der Waals surface area contributed by atoms with Gasteiger partial charge < -0.3 is 15.0 Å². The van der Waals surface area contributed by atoms with Crippen LogP contribution in [0.2, 0.25) is 0 Å². The van der Waals surface area contributed by atoms with Crippen molar-refractivity contribution in [1.82, 2.24) is 10.2 Å². The number of nitrogens with zero attached hydrogens (tertiary/aromatic N) is 1. The smallest absolute Gasteiger partial charge is 0.410 e. The molecule has 0 aromatic heterocycles. The lowest BCUT2D eigenvalue weighted by molar-refractivity contribution is -0.117. The number of hydrogen-bond donors (Lipinski definition) is 1. The van der Waals surface area contributed by atoms with Crippen molar-refractivity contribution in [3.63, 3.8) is 0 Å². The van der Waals surface area contributed by atoms with E-state index >= 15 is 0 Å². The normalized spacial score (nSPS) is 16.2. The molecule has 1 aliphatic heterocycles. The van der Waals surface area contributed by atoms with Crippen LogP contribution in [0.25, 0.3) is 6.08 Å². The molecular weight excluding hydrogens is 304 g/mol. The van der Waals surface area contributed by atoms with Crippen LogP contribution in [0.4, 0.5) is 4.79 Å². The van der Waals surface area contributed by atoms with E-state index < -0.39 is 5.60 Å². The van der Waals surface area contributed by atoms with Gasteiger partial charge in [0, 0.05) is 25.2 Å². The van der Waals surface area contributed by atoms with E-state index in [2.05, 4.69) is 5.32 Å². The van der Waals surface area contributed by atoms with Gasteiger partial charge in [-0.15, -0.1) is 0 Å². The molecule has 0 bridgehead atoms. The molecule has 0 spiro atoms. The first kappa shape index (κ1) is 18.0. The molecule has 5 nitrogen and oxygen atoms in total. The summed E-state index contributed by atoms with van der Waals surface area (Å²) in [5.74, 6) is -0.102. The minimum Gasteiger partial charge on any atom is -0.444 e. The Kier molecular flexibility index (Phi) is 6.01. The highest BCUT2D eigenvalue weighted by Gasteiger charge is 2.27. The average Bonchev–Trinajstić information content (AvgIpc) is 2.53. The average molecular weight is 330 g/mol. The lowest BCUT2D eigenvalue weighted by Gasteiger charge is -2.33. The molecule has 0 aliphatic carbocycles. The van der Waals surface area contributed by atoms with Gasteiger partial charge in [-0.25, -0.2) is 4.79 Å². The predicted molar refractivity (Wildman–Crippen MR) is 94.4 cm³/mol. The number of hydrogen-bond acceptors (Lipinski definition) is 3. The minimum atomic E-state index is -0.482. The molecule has 1 fully saturated rings. The first-order chi connectivity index (χ1) is 11.3. The molecule has 5 heteroatoms. The molecule has 1 aromatic carbocycles. The van der Waals surface area contributed by atoms with Gasteiger partial charge in [0.1, 0.15) is 5.60 Å². The van der Waals surface area contributed by atoms with Crippen LogP contribution in [0.3, 0.4) is 0 Å². The highest BCUT2D eigenvalue weighted by molar-refractivity contribution is 5.91. The lowest BCUT2D eigenvalue weighted by Crippen LogP contribution is -2.47. The molecule has 130 valence electrons. The zero-order chi connectivity index (χ0) is 17.6. The highest BCUT2D eigenvalue weighted by atomic mass is 16.6. The van der Waals surface area contributed by atoms with Gasteiger partial charge in [0.2, 0.25) is 5.91 Å². The van der Waals surface area contributed by atoms with Crippen molar-refractivity contribution in [1.29, 1.82) is 0 Å². The van der Waals surface area contributed by atoms with Gasteiger partial charge >= 0.3 is 6.09 Å². The number of benzene rings is 1. The van der Waals surface area contributed by atoms with E-state index in [1.807, 2.05) is 51.1 Å². The summed E-state index contributed by atoms with van der Waals surface area (Å²) >= 11 is 0. The summed E-state index contributed by atoms with van der Waals surface area (Å²) in [6, 6.07) is 9.80. The Morgan fingerprint density at radius 2 is 1.79 bits per heavy atom. The molecule has 2 amide bonds. The van der Waals surface area contributed by atoms with Gasteiger partial charge in [0.05, 0.1) is 0 Å². The van der Waals surface area contributed by atoms with Crippen molar-refractivity contribution < 1.29 is 14.3 Å². The Labute approximate surface area is 143 Å². The topological polar surface area (TPSA) is 58.6 Å². The maximum absolute atomic E-state index is 12.0. The summed E-state index contributed by atoms with van der Waals surface area (Å²) in [6.45, 7) is 6.77. The molecule has 0 atom stereocenters. The van der Waals surface area contributed by atoms with Crippen LogP contribution < -0.4 is 5.32 Å². The summed E-state index contributed by atoms with van der Waals surface area (Å²) < 4.78 is 5.37. The van der Waals surface area contributed by atoms with Crippen LogP contribution in [0.1, 0.15) is 39.2 Å². The van der Waals surface area contributed by atoms with Crippen molar-refractivity contribution in [2.45, 2.75) is 45.3 Å². The van der Waals surface area contributed by atoms with Crippen LogP contribution in [0, 0.1) is 0 Å². The Hall–Kier alpha value is -2.30. The molecule has 0 saturated carbocycles. The van der Waals surface area contributed by atoms with E-state index in [9.17, 15) is 9.59 Å². The summed E-state index contributed by atoms with van der Waals surface area (Å²) in [5, 5.41) is 2.99. The Morgan fingerprint density at radius 3 is 2.38 bits per heavy atom. The number of carbonyl (C=O) groups is 2. The molecule has 2 rings (SSSR count). The first-order valence-corrected chi connectivity index (χ1v) is 8.35. The zero-order valence-electron chi connectivity index (χ0n) is 14.6. The zero-order valence-corrected chi connectivity index (χ0v) is 14.6. The first-order valence-electron chi connectivity index (χ1n) is 8.35. The van der Waals surface area contributed by atoms with Crippen LogP contribution in [-0.4, -0.2) is 41.6 Å². The second-order valence-corrected chi connectivity index (χ2v) is 6.99. The summed E-state index contributed by atoms with van der Waals surface area (Å²) in [6.07, 6.45) is 4.55. The van der Waals surface area contributed by atoms with E-state index in [1.165, 1.54) is 0 Å². The lowest BCUT2D eigenvalue weighted by atomic mass is 10.1. The molecule has 1 saturated heterocycles. The van der Waals surface area contributed by atoms with Gasteiger partial charge in [-0.05, 0) is 45.3 Å². The standard InChI is InChI=1S/C19H26N2O3/c1-19(2,3)24-18(23)21-13-11-16(12-14-21)20-17(22)10-9-15-7-5-4-6-8-15/h4-10,16H,11-14H2,1-3H3,(H,20,22)/b10-9+. The Bertz CT molecular complexity index is 582. The number of nitrogens with one attached hydrogen (secondary N) is 1. The number of carbonyl (C=O) groups excluding carboxylic acids is 2. The van der Waals surface area contributed by atoms with Crippen molar-refractivity contribution in [2.75, 3.05) is 13.1 Å². The van der Waals surface area contributed by atoms with Gasteiger partial charge in [-0.3, -0.25) is 4.79 Å². The number of ether oxygens (including phenoxy) is 1. The van der Waals surface area contributed by atoms with Gasteiger partial charge in [-0.2, -0.15) is 0 Å². The van der Waals surface area contributed by atoms with Crippen molar-refractivity contribution in [3.05, 3.63) is 42.0 Å². The fourth-order valence-electron chi connectivity index (χ4n) is 2.52. The van der Waals surface area contributed by atoms with Crippen LogP contribution >= 0.6 is 0 Å². The number of amides is 2. The molecule has 0 unspecified atom stereocenters. The second-order valence-electron chi connectivity index (χ2n) is 6.99. The van der Waals surface area contributed by atoms with Crippen LogP contribution in [0.15, 0.2) is 36.4 Å². The maximum Gasteiger partial charge on any atom is 0.410 e. The number of likely N-dealkylation sites (tertiary alicyclic amines) is 1. The van der Waals surface area contributed by atoms with E-state index in [-0.39, 0.29) is 18.0 Å². The molecule has 1 aromatic rings. The third kappa shape index (κ3) is 6.07.